The smallest absolute Gasteiger partial charge is 0.243 e. The Labute approximate surface area is 94.5 Å². The van der Waals surface area contributed by atoms with Gasteiger partial charge in [-0.1, -0.05) is 30.9 Å². The minimum absolute atomic E-state index is 0.379. The number of nitrogens with one attached hydrogen (secondary N) is 1. The quantitative estimate of drug-likeness (QED) is 0.842. The lowest BCUT2D eigenvalue weighted by Gasteiger charge is -2.22. The summed E-state index contributed by atoms with van der Waals surface area (Å²) in [5, 5.41) is 11.4. The largest absolute Gasteiger partial charge is 0.350 e. The fourth-order valence-corrected chi connectivity index (χ4v) is 1.96. The van der Waals surface area contributed by atoms with E-state index in [0.29, 0.717) is 17.1 Å². The Hall–Kier alpha value is -0.900. The standard InChI is InChI=1S/C10H15ClN4/c1-7-9(11)14-15-10(12-7)13-8-5-3-2-4-6-8/h8H,2-6H2,1H3,(H,12,13,15). The monoisotopic (exact) mass is 226 g/mol. The van der Waals surface area contributed by atoms with Crippen molar-refractivity contribution in [2.24, 2.45) is 0 Å². The van der Waals surface area contributed by atoms with Gasteiger partial charge in [-0.25, -0.2) is 4.98 Å². The van der Waals surface area contributed by atoms with Gasteiger partial charge in [0.05, 0.1) is 5.69 Å². The van der Waals surface area contributed by atoms with E-state index in [4.69, 9.17) is 11.6 Å². The van der Waals surface area contributed by atoms with Gasteiger partial charge in [-0.05, 0) is 19.8 Å². The Balaban J connectivity index is 2.00. The highest BCUT2D eigenvalue weighted by atomic mass is 35.5. The molecule has 0 amide bonds. The highest BCUT2D eigenvalue weighted by molar-refractivity contribution is 6.29. The third kappa shape index (κ3) is 2.78. The maximum atomic E-state index is 5.76. The second kappa shape index (κ2) is 4.75. The topological polar surface area (TPSA) is 50.7 Å². The van der Waals surface area contributed by atoms with Crippen molar-refractivity contribution < 1.29 is 0 Å². The first kappa shape index (κ1) is 10.6. The number of hydrogen-bond acceptors (Lipinski definition) is 4. The molecule has 1 saturated carbocycles. The van der Waals surface area contributed by atoms with Gasteiger partial charge in [0.15, 0.2) is 5.15 Å². The molecular weight excluding hydrogens is 212 g/mol. The molecule has 1 aliphatic carbocycles. The second-order valence-corrected chi connectivity index (χ2v) is 4.35. The van der Waals surface area contributed by atoms with Crippen LogP contribution in [0.25, 0.3) is 0 Å². The summed E-state index contributed by atoms with van der Waals surface area (Å²) in [5.41, 5.74) is 0.727. The van der Waals surface area contributed by atoms with Crippen LogP contribution < -0.4 is 5.32 Å². The molecule has 0 bridgehead atoms. The molecule has 0 aliphatic heterocycles. The summed E-state index contributed by atoms with van der Waals surface area (Å²) >= 11 is 5.76. The summed E-state index contributed by atoms with van der Waals surface area (Å²) in [5.74, 6) is 0.601. The summed E-state index contributed by atoms with van der Waals surface area (Å²) in [6.07, 6.45) is 6.32. The first-order valence-corrected chi connectivity index (χ1v) is 5.77. The molecule has 0 aromatic carbocycles. The fourth-order valence-electron chi connectivity index (χ4n) is 1.88. The molecule has 1 aromatic rings. The molecule has 2 rings (SSSR count). The van der Waals surface area contributed by atoms with Gasteiger partial charge in [-0.15, -0.1) is 10.2 Å². The van der Waals surface area contributed by atoms with E-state index >= 15 is 0 Å². The van der Waals surface area contributed by atoms with Crippen molar-refractivity contribution in [3.63, 3.8) is 0 Å². The molecule has 0 atom stereocenters. The van der Waals surface area contributed by atoms with E-state index < -0.39 is 0 Å². The summed E-state index contributed by atoms with van der Waals surface area (Å²) in [7, 11) is 0. The molecule has 82 valence electrons. The third-order valence-electron chi connectivity index (χ3n) is 2.74. The lowest BCUT2D eigenvalue weighted by Crippen LogP contribution is -2.23. The van der Waals surface area contributed by atoms with Crippen LogP contribution in [0.5, 0.6) is 0 Å². The number of halogens is 1. The molecule has 0 spiro atoms. The number of aryl methyl sites for hydroxylation is 1. The average Bonchev–Trinajstić information content (AvgIpc) is 2.25. The molecule has 1 heterocycles. The zero-order chi connectivity index (χ0) is 10.7. The highest BCUT2D eigenvalue weighted by Gasteiger charge is 2.14. The number of anilines is 1. The van der Waals surface area contributed by atoms with Crippen molar-refractivity contribution in [2.75, 3.05) is 5.32 Å². The van der Waals surface area contributed by atoms with Crippen LogP contribution in [0, 0.1) is 6.92 Å². The minimum atomic E-state index is 0.379. The molecular formula is C10H15ClN4. The van der Waals surface area contributed by atoms with Gasteiger partial charge in [0.2, 0.25) is 5.95 Å². The van der Waals surface area contributed by atoms with Crippen LogP contribution >= 0.6 is 11.6 Å². The normalized spacial score (nSPS) is 17.7. The maximum Gasteiger partial charge on any atom is 0.243 e. The number of hydrogen-bond donors (Lipinski definition) is 1. The molecule has 15 heavy (non-hydrogen) atoms. The van der Waals surface area contributed by atoms with Crippen molar-refractivity contribution in [3.05, 3.63) is 10.8 Å². The van der Waals surface area contributed by atoms with Crippen LogP contribution in [0.4, 0.5) is 5.95 Å². The summed E-state index contributed by atoms with van der Waals surface area (Å²) in [6.45, 7) is 1.84. The number of rotatable bonds is 2. The lowest BCUT2D eigenvalue weighted by atomic mass is 9.96. The van der Waals surface area contributed by atoms with Gasteiger partial charge >= 0.3 is 0 Å². The fraction of sp³-hybridized carbons (Fsp3) is 0.700. The number of aromatic nitrogens is 3. The molecule has 1 N–H and O–H groups in total. The molecule has 0 saturated heterocycles. The van der Waals surface area contributed by atoms with Crippen molar-refractivity contribution in [1.29, 1.82) is 0 Å². The Morgan fingerprint density at radius 1 is 1.20 bits per heavy atom. The van der Waals surface area contributed by atoms with Gasteiger partial charge < -0.3 is 5.32 Å². The van der Waals surface area contributed by atoms with Gasteiger partial charge in [-0.3, -0.25) is 0 Å². The summed E-state index contributed by atoms with van der Waals surface area (Å²) in [6, 6.07) is 0.501. The first-order valence-electron chi connectivity index (χ1n) is 5.39. The van der Waals surface area contributed by atoms with Crippen molar-refractivity contribution in [3.8, 4) is 0 Å². The molecule has 1 aliphatic rings. The molecule has 0 unspecified atom stereocenters. The first-order chi connectivity index (χ1) is 7.25. The van der Waals surface area contributed by atoms with Crippen LogP contribution in [0.2, 0.25) is 5.15 Å². The lowest BCUT2D eigenvalue weighted by molar-refractivity contribution is 0.460. The van der Waals surface area contributed by atoms with Crippen LogP contribution in [-0.4, -0.2) is 21.2 Å². The molecule has 1 aromatic heterocycles. The van der Waals surface area contributed by atoms with Crippen LogP contribution in [-0.2, 0) is 0 Å². The SMILES string of the molecule is Cc1nc(NC2CCCCC2)nnc1Cl. The van der Waals surface area contributed by atoms with Crippen LogP contribution in [0.3, 0.4) is 0 Å². The van der Waals surface area contributed by atoms with Gasteiger partial charge in [0.25, 0.3) is 0 Å². The van der Waals surface area contributed by atoms with Crippen LogP contribution in [0.1, 0.15) is 37.8 Å². The van der Waals surface area contributed by atoms with E-state index in [1.807, 2.05) is 6.92 Å². The Bertz CT molecular complexity index is 336. The van der Waals surface area contributed by atoms with E-state index in [-0.39, 0.29) is 0 Å². The predicted octanol–water partition coefficient (Wildman–Crippen LogP) is 2.58. The maximum absolute atomic E-state index is 5.76. The van der Waals surface area contributed by atoms with E-state index in [0.717, 1.165) is 5.69 Å². The predicted molar refractivity (Wildman–Crippen MR) is 60.1 cm³/mol. The molecule has 5 heteroatoms. The number of nitrogens with zero attached hydrogens (tertiary/aromatic N) is 3. The van der Waals surface area contributed by atoms with E-state index in [1.165, 1.54) is 32.1 Å². The minimum Gasteiger partial charge on any atom is -0.350 e. The molecule has 0 radical (unpaired) electrons. The second-order valence-electron chi connectivity index (χ2n) is 3.99. The average molecular weight is 227 g/mol. The van der Waals surface area contributed by atoms with Crippen molar-refractivity contribution in [1.82, 2.24) is 15.2 Å². The van der Waals surface area contributed by atoms with Gasteiger partial charge in [0, 0.05) is 6.04 Å². The van der Waals surface area contributed by atoms with E-state index in [1.54, 1.807) is 0 Å². The third-order valence-corrected chi connectivity index (χ3v) is 3.09. The van der Waals surface area contributed by atoms with E-state index in [2.05, 4.69) is 20.5 Å². The molecule has 4 nitrogen and oxygen atoms in total. The zero-order valence-electron chi connectivity index (χ0n) is 8.83. The van der Waals surface area contributed by atoms with Gasteiger partial charge in [-0.2, -0.15) is 0 Å². The Kier molecular flexibility index (Phi) is 3.36. The van der Waals surface area contributed by atoms with E-state index in [9.17, 15) is 0 Å². The van der Waals surface area contributed by atoms with Gasteiger partial charge in [0.1, 0.15) is 0 Å². The highest BCUT2D eigenvalue weighted by Crippen LogP contribution is 2.20. The summed E-state index contributed by atoms with van der Waals surface area (Å²) in [4.78, 5) is 4.25. The van der Waals surface area contributed by atoms with Crippen LogP contribution in [0.15, 0.2) is 0 Å². The molecule has 1 fully saturated rings. The Morgan fingerprint density at radius 3 is 2.60 bits per heavy atom. The van der Waals surface area contributed by atoms with Crippen molar-refractivity contribution >= 4 is 17.5 Å². The zero-order valence-corrected chi connectivity index (χ0v) is 9.59. The summed E-state index contributed by atoms with van der Waals surface area (Å²) < 4.78 is 0. The Morgan fingerprint density at radius 2 is 1.93 bits per heavy atom. The van der Waals surface area contributed by atoms with Crippen molar-refractivity contribution in [2.45, 2.75) is 45.1 Å².